The van der Waals surface area contributed by atoms with Crippen molar-refractivity contribution in [2.24, 2.45) is 0 Å². The number of benzene rings is 9. The van der Waals surface area contributed by atoms with Crippen molar-refractivity contribution in [3.8, 4) is 33.4 Å². The van der Waals surface area contributed by atoms with Crippen LogP contribution >= 0.6 is 11.3 Å². The van der Waals surface area contributed by atoms with Crippen molar-refractivity contribution in [2.75, 3.05) is 4.90 Å². The molecule has 0 atom stereocenters. The van der Waals surface area contributed by atoms with E-state index in [9.17, 15) is 0 Å². The lowest BCUT2D eigenvalue weighted by Gasteiger charge is -2.27. The molecule has 0 unspecified atom stereocenters. The van der Waals surface area contributed by atoms with Crippen LogP contribution in [0, 0.1) is 0 Å². The molecular weight excluding hydrogens is 687 g/mol. The fourth-order valence-electron chi connectivity index (χ4n) is 8.32. The predicted octanol–water partition coefficient (Wildman–Crippen LogP) is 15.6. The maximum atomic E-state index is 7.19. The summed E-state index contributed by atoms with van der Waals surface area (Å²) in [5.74, 6) is 0. The molecule has 258 valence electrons. The Kier molecular flexibility index (Phi) is 7.39. The molecule has 9 aromatic carbocycles. The Morgan fingerprint density at radius 1 is 0.364 bits per heavy atom. The molecule has 2 aromatic heterocycles. The van der Waals surface area contributed by atoms with E-state index in [0.717, 1.165) is 55.5 Å². The largest absolute Gasteiger partial charge is 0.455 e. The zero-order valence-corrected chi connectivity index (χ0v) is 30.6. The van der Waals surface area contributed by atoms with Gasteiger partial charge in [-0.3, -0.25) is 0 Å². The third kappa shape index (κ3) is 5.16. The van der Waals surface area contributed by atoms with Gasteiger partial charge in [-0.15, -0.1) is 11.3 Å². The average Bonchev–Trinajstić information content (AvgIpc) is 3.85. The highest BCUT2D eigenvalue weighted by molar-refractivity contribution is 7.26. The summed E-state index contributed by atoms with van der Waals surface area (Å²) in [5.41, 5.74) is 12.0. The Balaban J connectivity index is 1.26. The molecule has 0 aliphatic carbocycles. The Hall–Kier alpha value is -6.94. The van der Waals surface area contributed by atoms with E-state index in [1.165, 1.54) is 47.8 Å². The minimum Gasteiger partial charge on any atom is -0.455 e. The lowest BCUT2D eigenvalue weighted by atomic mass is 9.94. The van der Waals surface area contributed by atoms with Crippen molar-refractivity contribution in [1.29, 1.82) is 0 Å². The van der Waals surface area contributed by atoms with Gasteiger partial charge in [-0.25, -0.2) is 0 Å². The molecular formula is C52H33NOS. The van der Waals surface area contributed by atoms with Crippen LogP contribution in [0.4, 0.5) is 17.1 Å². The number of anilines is 3. The zero-order valence-electron chi connectivity index (χ0n) is 29.8. The standard InChI is InChI=1S/C52H33NOS/c1-4-15-34(16-5-1)35-27-29-38(30-28-35)53(47-25-14-24-43-41-22-12-13-26-48(41)55-52(43)47)46-32-31-39(36-17-6-2-7-18-36)51-49(46)45-33-44(37-19-8-3-9-20-37)40-21-10-11-23-42(40)50(45)54-51/h1-33H. The predicted molar refractivity (Wildman–Crippen MR) is 235 cm³/mol. The number of hydrogen-bond donors (Lipinski definition) is 0. The van der Waals surface area contributed by atoms with Crippen molar-refractivity contribution in [2.45, 2.75) is 0 Å². The molecule has 0 aliphatic heterocycles. The molecule has 0 spiro atoms. The van der Waals surface area contributed by atoms with Crippen LogP contribution in [0.5, 0.6) is 0 Å². The molecule has 55 heavy (non-hydrogen) atoms. The first-order valence-corrected chi connectivity index (χ1v) is 19.5. The second-order valence-corrected chi connectivity index (χ2v) is 15.1. The molecule has 2 heterocycles. The summed E-state index contributed by atoms with van der Waals surface area (Å²) in [6, 6.07) is 72.0. The van der Waals surface area contributed by atoms with E-state index in [1.807, 2.05) is 11.3 Å². The number of hydrogen-bond acceptors (Lipinski definition) is 3. The summed E-state index contributed by atoms with van der Waals surface area (Å²) >= 11 is 1.85. The number of rotatable bonds is 6. The fourth-order valence-corrected chi connectivity index (χ4v) is 9.53. The van der Waals surface area contributed by atoms with E-state index in [-0.39, 0.29) is 0 Å². The van der Waals surface area contributed by atoms with E-state index in [0.29, 0.717) is 0 Å². The van der Waals surface area contributed by atoms with Crippen molar-refractivity contribution in [3.63, 3.8) is 0 Å². The average molecular weight is 720 g/mol. The molecule has 11 aromatic rings. The van der Waals surface area contributed by atoms with Gasteiger partial charge in [0.1, 0.15) is 11.2 Å². The van der Waals surface area contributed by atoms with Gasteiger partial charge in [0.05, 0.1) is 21.5 Å². The molecule has 11 rings (SSSR count). The van der Waals surface area contributed by atoms with E-state index < -0.39 is 0 Å². The van der Waals surface area contributed by atoms with Gasteiger partial charge in [0.2, 0.25) is 0 Å². The molecule has 0 amide bonds. The van der Waals surface area contributed by atoms with Gasteiger partial charge in [-0.2, -0.15) is 0 Å². The lowest BCUT2D eigenvalue weighted by Crippen LogP contribution is -2.10. The van der Waals surface area contributed by atoms with Crippen LogP contribution in [0.2, 0.25) is 0 Å². The summed E-state index contributed by atoms with van der Waals surface area (Å²) in [6.07, 6.45) is 0. The minimum absolute atomic E-state index is 0.878. The maximum absolute atomic E-state index is 7.19. The van der Waals surface area contributed by atoms with Gasteiger partial charge < -0.3 is 9.32 Å². The Morgan fingerprint density at radius 2 is 0.945 bits per heavy atom. The summed E-state index contributed by atoms with van der Waals surface area (Å²) < 4.78 is 9.72. The van der Waals surface area contributed by atoms with Crippen LogP contribution in [0.25, 0.3) is 86.3 Å². The van der Waals surface area contributed by atoms with E-state index >= 15 is 0 Å². The van der Waals surface area contributed by atoms with E-state index in [1.54, 1.807) is 0 Å². The fraction of sp³-hybridized carbons (Fsp3) is 0. The number of fused-ring (bicyclic) bond motifs is 8. The first-order valence-electron chi connectivity index (χ1n) is 18.7. The third-order valence-corrected chi connectivity index (χ3v) is 12.1. The second kappa shape index (κ2) is 12.9. The van der Waals surface area contributed by atoms with Crippen molar-refractivity contribution in [3.05, 3.63) is 200 Å². The van der Waals surface area contributed by atoms with Crippen LogP contribution in [-0.4, -0.2) is 0 Å². The Bertz CT molecular complexity index is 3180. The molecule has 0 radical (unpaired) electrons. The highest BCUT2D eigenvalue weighted by atomic mass is 32.1. The zero-order chi connectivity index (χ0) is 36.3. The van der Waals surface area contributed by atoms with E-state index in [4.69, 9.17) is 4.42 Å². The molecule has 0 N–H and O–H groups in total. The van der Waals surface area contributed by atoms with Crippen LogP contribution in [0.15, 0.2) is 205 Å². The number of thiophene rings is 1. The smallest absolute Gasteiger partial charge is 0.145 e. The van der Waals surface area contributed by atoms with Crippen LogP contribution in [-0.2, 0) is 0 Å². The molecule has 0 bridgehead atoms. The Labute approximate surface area is 322 Å². The summed E-state index contributed by atoms with van der Waals surface area (Å²) in [5, 5.41) is 6.99. The van der Waals surface area contributed by atoms with Gasteiger partial charge in [0.15, 0.2) is 0 Å². The van der Waals surface area contributed by atoms with Gasteiger partial charge in [-0.05, 0) is 75.7 Å². The van der Waals surface area contributed by atoms with Gasteiger partial charge in [0.25, 0.3) is 0 Å². The molecule has 0 saturated carbocycles. The van der Waals surface area contributed by atoms with Crippen molar-refractivity contribution >= 4 is 81.3 Å². The summed E-state index contributed by atoms with van der Waals surface area (Å²) in [7, 11) is 0. The van der Waals surface area contributed by atoms with Crippen molar-refractivity contribution in [1.82, 2.24) is 0 Å². The highest BCUT2D eigenvalue weighted by Gasteiger charge is 2.26. The third-order valence-electron chi connectivity index (χ3n) is 10.9. The van der Waals surface area contributed by atoms with Gasteiger partial charge >= 0.3 is 0 Å². The van der Waals surface area contributed by atoms with Gasteiger partial charge in [-0.1, -0.05) is 158 Å². The van der Waals surface area contributed by atoms with Crippen LogP contribution in [0.3, 0.4) is 0 Å². The second-order valence-electron chi connectivity index (χ2n) is 14.0. The first kappa shape index (κ1) is 31.6. The summed E-state index contributed by atoms with van der Waals surface area (Å²) in [6.45, 7) is 0. The maximum Gasteiger partial charge on any atom is 0.145 e. The normalized spacial score (nSPS) is 11.6. The highest BCUT2D eigenvalue weighted by Crippen LogP contribution is 2.51. The van der Waals surface area contributed by atoms with Crippen LogP contribution < -0.4 is 4.90 Å². The first-order chi connectivity index (χ1) is 27.3. The molecule has 0 fully saturated rings. The van der Waals surface area contributed by atoms with E-state index in [2.05, 4.69) is 205 Å². The summed E-state index contributed by atoms with van der Waals surface area (Å²) in [4.78, 5) is 2.45. The topological polar surface area (TPSA) is 16.4 Å². The minimum atomic E-state index is 0.878. The van der Waals surface area contributed by atoms with Crippen LogP contribution in [0.1, 0.15) is 0 Å². The molecule has 2 nitrogen and oxygen atoms in total. The quantitative estimate of drug-likeness (QED) is 0.170. The van der Waals surface area contributed by atoms with Crippen molar-refractivity contribution < 1.29 is 4.42 Å². The van der Waals surface area contributed by atoms with Gasteiger partial charge in [0, 0.05) is 37.5 Å². The lowest BCUT2D eigenvalue weighted by molar-refractivity contribution is 0.674. The Morgan fingerprint density at radius 3 is 1.67 bits per heavy atom. The molecule has 0 aliphatic rings. The SMILES string of the molecule is c1ccc(-c2ccc(N(c3cccc4c3sc3ccccc34)c3ccc(-c4ccccc4)c4oc5c6ccccc6c(-c6ccccc6)cc5c34)cc2)cc1. The molecule has 3 heteroatoms. The number of furan rings is 1. The molecule has 0 saturated heterocycles. The number of nitrogens with zero attached hydrogens (tertiary/aromatic N) is 1. The monoisotopic (exact) mass is 719 g/mol.